The highest BCUT2D eigenvalue weighted by molar-refractivity contribution is 6.03. The topological polar surface area (TPSA) is 112 Å². The lowest BCUT2D eigenvalue weighted by molar-refractivity contribution is 0.0336. The van der Waals surface area contributed by atoms with Gasteiger partial charge in [0.1, 0.15) is 11.6 Å². The van der Waals surface area contributed by atoms with E-state index in [0.29, 0.717) is 27.7 Å². The molecule has 0 saturated carbocycles. The number of aliphatic hydroxyl groups is 1. The van der Waals surface area contributed by atoms with Crippen molar-refractivity contribution in [2.24, 2.45) is 0 Å². The molecule has 0 radical (unpaired) electrons. The lowest BCUT2D eigenvalue weighted by atomic mass is 10.1. The fourth-order valence-electron chi connectivity index (χ4n) is 3.26. The number of carbonyl (C=O) groups is 1. The monoisotopic (exact) mass is 398 g/mol. The summed E-state index contributed by atoms with van der Waals surface area (Å²) in [4.78, 5) is 24.6. The van der Waals surface area contributed by atoms with Crippen LogP contribution in [-0.2, 0) is 4.74 Å². The number of aliphatic hydroxyl groups excluding tert-OH is 1. The second-order valence-electron chi connectivity index (χ2n) is 6.85. The first-order valence-electron chi connectivity index (χ1n) is 9.33. The van der Waals surface area contributed by atoms with Crippen molar-refractivity contribution in [2.75, 3.05) is 0 Å². The van der Waals surface area contributed by atoms with Gasteiger partial charge in [-0.1, -0.05) is 30.3 Å². The molecule has 2 N–H and O–H groups in total. The summed E-state index contributed by atoms with van der Waals surface area (Å²) in [5.74, 6) is -0.776. The van der Waals surface area contributed by atoms with Gasteiger partial charge in [-0.05, 0) is 38.1 Å². The van der Waals surface area contributed by atoms with Crippen molar-refractivity contribution in [1.29, 1.82) is 5.26 Å². The van der Waals surface area contributed by atoms with Gasteiger partial charge in [0.2, 0.25) is 0 Å². The average Bonchev–Trinajstić information content (AvgIpc) is 3.17. The van der Waals surface area contributed by atoms with Crippen LogP contribution >= 0.6 is 0 Å². The lowest BCUT2D eigenvalue weighted by Crippen LogP contribution is -2.19. The minimum Gasteiger partial charge on any atom is -0.507 e. The second-order valence-corrected chi connectivity index (χ2v) is 6.85. The molecule has 7 heteroatoms. The number of hydrogen-bond acceptors (Lipinski definition) is 6. The molecule has 0 aliphatic carbocycles. The Balaban J connectivity index is 1.66. The van der Waals surface area contributed by atoms with Crippen molar-refractivity contribution in [2.45, 2.75) is 20.0 Å². The van der Waals surface area contributed by atoms with Crippen LogP contribution in [0, 0.1) is 18.3 Å². The molecule has 2 heterocycles. The summed E-state index contributed by atoms with van der Waals surface area (Å²) in [6, 6.07) is 18.1. The van der Waals surface area contributed by atoms with E-state index in [1.807, 2.05) is 42.5 Å². The van der Waals surface area contributed by atoms with Gasteiger partial charge >= 0.3 is 5.97 Å². The van der Waals surface area contributed by atoms with E-state index in [1.54, 1.807) is 25.1 Å². The molecular weight excluding hydrogens is 380 g/mol. The maximum Gasteiger partial charge on any atom is 0.339 e. The van der Waals surface area contributed by atoms with Crippen LogP contribution in [0.2, 0.25) is 0 Å². The van der Waals surface area contributed by atoms with Crippen LogP contribution in [0.25, 0.3) is 27.5 Å². The van der Waals surface area contributed by atoms with Crippen LogP contribution in [0.15, 0.2) is 60.4 Å². The van der Waals surface area contributed by atoms with Gasteiger partial charge in [-0.25, -0.2) is 9.78 Å². The fraction of sp³-hybridized carbons (Fsp3) is 0.130. The predicted molar refractivity (Wildman–Crippen MR) is 113 cm³/mol. The Kier molecular flexibility index (Phi) is 4.90. The summed E-state index contributed by atoms with van der Waals surface area (Å²) >= 11 is 0. The number of para-hydroxylation sites is 3. The van der Waals surface area contributed by atoms with Crippen LogP contribution in [0.1, 0.15) is 28.8 Å². The van der Waals surface area contributed by atoms with Crippen LogP contribution < -0.4 is 0 Å². The number of aromatic nitrogens is 3. The number of pyridine rings is 1. The summed E-state index contributed by atoms with van der Waals surface area (Å²) in [6.45, 7) is 3.29. The van der Waals surface area contributed by atoms with Crippen LogP contribution in [0.5, 0.6) is 0 Å². The highest BCUT2D eigenvalue weighted by atomic mass is 16.6. The number of H-pyrrole nitrogens is 1. The van der Waals surface area contributed by atoms with Crippen molar-refractivity contribution in [3.8, 4) is 6.07 Å². The molecule has 0 unspecified atom stereocenters. The first-order chi connectivity index (χ1) is 14.5. The fourth-order valence-corrected chi connectivity index (χ4v) is 3.26. The number of nitriles is 1. The number of imidazole rings is 1. The van der Waals surface area contributed by atoms with E-state index in [2.05, 4.69) is 15.0 Å². The zero-order valence-corrected chi connectivity index (χ0v) is 16.4. The number of aromatic amines is 1. The maximum absolute atomic E-state index is 12.8. The van der Waals surface area contributed by atoms with Gasteiger partial charge in [-0.2, -0.15) is 5.26 Å². The van der Waals surface area contributed by atoms with Gasteiger partial charge in [-0.15, -0.1) is 0 Å². The Morgan fingerprint density at radius 1 is 1.13 bits per heavy atom. The molecule has 2 aromatic heterocycles. The first-order valence-corrected chi connectivity index (χ1v) is 9.33. The Bertz CT molecular complexity index is 1310. The largest absolute Gasteiger partial charge is 0.507 e. The number of hydrogen-bond donors (Lipinski definition) is 2. The number of fused-ring (bicyclic) bond motifs is 2. The molecule has 0 spiro atoms. The van der Waals surface area contributed by atoms with Gasteiger partial charge in [0.05, 0.1) is 22.1 Å². The molecule has 1 atom stereocenters. The third-order valence-electron chi connectivity index (χ3n) is 4.73. The Morgan fingerprint density at radius 3 is 2.57 bits per heavy atom. The number of esters is 1. The molecule has 4 aromatic rings. The molecule has 148 valence electrons. The molecule has 0 bridgehead atoms. The number of nitrogens with one attached hydrogen (secondary N) is 1. The van der Waals surface area contributed by atoms with Crippen molar-refractivity contribution in [3.05, 3.63) is 77.4 Å². The molecule has 0 saturated heterocycles. The first kappa shape index (κ1) is 19.2. The number of carbonyl (C=O) groups excluding carboxylic acids is 1. The maximum atomic E-state index is 12.8. The minimum atomic E-state index is -1.05. The second kappa shape index (κ2) is 7.68. The predicted octanol–water partition coefficient (Wildman–Crippen LogP) is 4.46. The standard InChI is InChI=1S/C23H18N4O3/c1-13-11-16(15-7-3-4-8-18(15)25-13)23(29)30-14(2)21(28)17(12-24)22-26-19-9-5-6-10-20(19)27-22/h3-11,14,28H,1-2H3,(H,26,27)/b21-17-/t14-/m0/s1. The molecule has 2 aromatic carbocycles. The average molecular weight is 398 g/mol. The van der Waals surface area contributed by atoms with E-state index in [1.165, 1.54) is 6.92 Å². The van der Waals surface area contributed by atoms with Crippen molar-refractivity contribution in [1.82, 2.24) is 15.0 Å². The quantitative estimate of drug-likeness (QED) is 0.298. The van der Waals surface area contributed by atoms with E-state index in [0.717, 1.165) is 5.52 Å². The van der Waals surface area contributed by atoms with Crippen LogP contribution in [0.4, 0.5) is 0 Å². The smallest absolute Gasteiger partial charge is 0.339 e. The summed E-state index contributed by atoms with van der Waals surface area (Å²) in [7, 11) is 0. The third-order valence-corrected chi connectivity index (χ3v) is 4.73. The summed E-state index contributed by atoms with van der Waals surface area (Å²) in [5, 5.41) is 20.9. The van der Waals surface area contributed by atoms with Crippen molar-refractivity contribution >= 4 is 33.5 Å². The van der Waals surface area contributed by atoms with Gasteiger partial charge in [0.25, 0.3) is 0 Å². The zero-order chi connectivity index (χ0) is 21.3. The Morgan fingerprint density at radius 2 is 1.83 bits per heavy atom. The molecule has 30 heavy (non-hydrogen) atoms. The highest BCUT2D eigenvalue weighted by Gasteiger charge is 2.23. The number of aryl methyl sites for hydroxylation is 1. The highest BCUT2D eigenvalue weighted by Crippen LogP contribution is 2.23. The molecule has 0 aliphatic rings. The summed E-state index contributed by atoms with van der Waals surface area (Å²) < 4.78 is 5.47. The summed E-state index contributed by atoms with van der Waals surface area (Å²) in [5.41, 5.74) is 3.01. The molecule has 4 rings (SSSR count). The zero-order valence-electron chi connectivity index (χ0n) is 16.4. The van der Waals surface area contributed by atoms with E-state index >= 15 is 0 Å². The number of rotatable bonds is 4. The van der Waals surface area contributed by atoms with Crippen LogP contribution in [0.3, 0.4) is 0 Å². The van der Waals surface area contributed by atoms with Gasteiger partial charge in [0, 0.05) is 11.1 Å². The van der Waals surface area contributed by atoms with Gasteiger partial charge < -0.3 is 14.8 Å². The number of ether oxygens (including phenoxy) is 1. The van der Waals surface area contributed by atoms with E-state index in [4.69, 9.17) is 4.74 Å². The summed E-state index contributed by atoms with van der Waals surface area (Å²) in [6.07, 6.45) is -1.05. The Hall–Kier alpha value is -4.18. The molecular formula is C23H18N4O3. The molecule has 7 nitrogen and oxygen atoms in total. The number of nitrogens with zero attached hydrogens (tertiary/aromatic N) is 3. The minimum absolute atomic E-state index is 0.0812. The van der Waals surface area contributed by atoms with Gasteiger partial charge in [0.15, 0.2) is 17.7 Å². The SMILES string of the molecule is Cc1cc(C(=O)O[C@@H](C)/C(O)=C(\C#N)c2nc3ccccc3[nH]2)c2ccccc2n1. The number of allylic oxidation sites excluding steroid dienone is 1. The molecule has 0 fully saturated rings. The molecule has 0 aliphatic heterocycles. The van der Waals surface area contributed by atoms with E-state index in [9.17, 15) is 15.2 Å². The van der Waals surface area contributed by atoms with Gasteiger partial charge in [-0.3, -0.25) is 4.98 Å². The lowest BCUT2D eigenvalue weighted by Gasteiger charge is -2.15. The third kappa shape index (κ3) is 3.47. The van der Waals surface area contributed by atoms with Crippen molar-refractivity contribution in [3.63, 3.8) is 0 Å². The van der Waals surface area contributed by atoms with E-state index in [-0.39, 0.29) is 17.2 Å². The molecule has 0 amide bonds. The normalized spacial score (nSPS) is 13.0. The number of benzene rings is 2. The van der Waals surface area contributed by atoms with Crippen LogP contribution in [-0.4, -0.2) is 32.1 Å². The Labute approximate surface area is 172 Å². The van der Waals surface area contributed by atoms with E-state index < -0.39 is 12.1 Å². The van der Waals surface area contributed by atoms with Crippen molar-refractivity contribution < 1.29 is 14.6 Å².